The fourth-order valence-electron chi connectivity index (χ4n) is 5.97. The summed E-state index contributed by atoms with van der Waals surface area (Å²) in [6.07, 6.45) is 4.83. The van der Waals surface area contributed by atoms with Crippen LogP contribution in [0.1, 0.15) is 48.5 Å². The van der Waals surface area contributed by atoms with E-state index >= 15 is 0 Å². The average Bonchev–Trinajstić information content (AvgIpc) is 3.48. The number of fused-ring (bicyclic) bond motifs is 4. The number of benzene rings is 2. The highest BCUT2D eigenvalue weighted by atomic mass is 16.5. The van der Waals surface area contributed by atoms with Crippen LogP contribution < -0.4 is 4.74 Å². The molecule has 2 atom stereocenters. The Morgan fingerprint density at radius 1 is 1.03 bits per heavy atom. The first kappa shape index (κ1) is 19.4. The normalized spacial score (nSPS) is 23.5. The minimum absolute atomic E-state index is 0.0265. The molecule has 0 radical (unpaired) electrons. The first-order valence-corrected chi connectivity index (χ1v) is 11.5. The van der Waals surface area contributed by atoms with Gasteiger partial charge < -0.3 is 19.5 Å². The molecule has 32 heavy (non-hydrogen) atoms. The van der Waals surface area contributed by atoms with Crippen LogP contribution in [0.2, 0.25) is 0 Å². The third kappa shape index (κ3) is 2.85. The lowest BCUT2D eigenvalue weighted by atomic mass is 9.86. The smallest absolute Gasteiger partial charge is 0.246 e. The number of H-pyrrole nitrogens is 1. The van der Waals surface area contributed by atoms with E-state index in [1.165, 1.54) is 0 Å². The van der Waals surface area contributed by atoms with E-state index in [2.05, 4.69) is 17.1 Å². The number of methoxy groups -OCH3 is 1. The minimum Gasteiger partial charge on any atom is -0.497 e. The molecule has 0 bridgehead atoms. The van der Waals surface area contributed by atoms with Gasteiger partial charge in [-0.15, -0.1) is 0 Å². The van der Waals surface area contributed by atoms with Crippen molar-refractivity contribution in [3.8, 4) is 5.75 Å². The number of carbonyl (C=O) groups excluding carboxylic acids is 2. The number of piperazine rings is 1. The van der Waals surface area contributed by atoms with Crippen LogP contribution in [0.25, 0.3) is 10.9 Å². The second kappa shape index (κ2) is 7.40. The Labute approximate surface area is 187 Å². The third-order valence-corrected chi connectivity index (χ3v) is 7.47. The lowest BCUT2D eigenvalue weighted by Gasteiger charge is -2.48. The van der Waals surface area contributed by atoms with Crippen LogP contribution in [-0.4, -0.2) is 52.3 Å². The third-order valence-electron chi connectivity index (χ3n) is 7.47. The molecule has 2 amide bonds. The molecule has 3 heterocycles. The maximum absolute atomic E-state index is 13.8. The van der Waals surface area contributed by atoms with E-state index < -0.39 is 6.04 Å². The van der Waals surface area contributed by atoms with E-state index in [1.54, 1.807) is 7.11 Å². The summed E-state index contributed by atoms with van der Waals surface area (Å²) in [4.78, 5) is 34.6. The van der Waals surface area contributed by atoms with Crippen LogP contribution in [0, 0.1) is 0 Å². The largest absolute Gasteiger partial charge is 0.497 e. The average molecular weight is 430 g/mol. The Morgan fingerprint density at radius 2 is 1.84 bits per heavy atom. The molecule has 6 nitrogen and oxygen atoms in total. The van der Waals surface area contributed by atoms with Crippen LogP contribution in [0.15, 0.2) is 48.5 Å². The number of hydrogen-bond donors (Lipinski definition) is 1. The number of aromatic nitrogens is 1. The van der Waals surface area contributed by atoms with E-state index in [4.69, 9.17) is 4.74 Å². The lowest BCUT2D eigenvalue weighted by Crippen LogP contribution is -2.64. The van der Waals surface area contributed by atoms with Gasteiger partial charge >= 0.3 is 0 Å². The Balaban J connectivity index is 1.51. The number of ether oxygens (including phenoxy) is 1. The number of hydrogen-bond acceptors (Lipinski definition) is 3. The fraction of sp³-hybridized carbons (Fsp3) is 0.385. The zero-order valence-corrected chi connectivity index (χ0v) is 18.2. The minimum atomic E-state index is -0.472. The number of amides is 2. The summed E-state index contributed by atoms with van der Waals surface area (Å²) in [6.45, 7) is 0.177. The molecule has 164 valence electrons. The standard InChI is InChI=1S/C26H27N3O3/c1-32-18-10-6-7-16(13-18)25-24-20(19-11-4-5-12-21(19)27-24)14-22-26(31)28(15-23(30)29(22)25)17-8-2-3-9-17/h4-7,10-13,17,22,25,27H,2-3,8-9,14-15H2,1H3/t22-,25-/m0/s1. The molecule has 1 N–H and O–H groups in total. The Hall–Kier alpha value is -3.28. The van der Waals surface area contributed by atoms with E-state index in [-0.39, 0.29) is 30.4 Å². The predicted molar refractivity (Wildman–Crippen MR) is 121 cm³/mol. The van der Waals surface area contributed by atoms with Crippen LogP contribution in [0.3, 0.4) is 0 Å². The number of para-hydroxylation sites is 1. The van der Waals surface area contributed by atoms with Crippen molar-refractivity contribution in [2.45, 2.75) is 50.2 Å². The SMILES string of the molecule is COc1cccc([C@H]2c3[nH]c4ccccc4c3C[C@H]3C(=O)N(C4CCCC4)CC(=O)N23)c1. The maximum Gasteiger partial charge on any atom is 0.246 e. The number of rotatable bonds is 3. The quantitative estimate of drug-likeness (QED) is 0.689. The van der Waals surface area contributed by atoms with E-state index in [0.717, 1.165) is 59.2 Å². The summed E-state index contributed by atoms with van der Waals surface area (Å²) in [7, 11) is 1.65. The molecule has 0 spiro atoms. The topological polar surface area (TPSA) is 65.6 Å². The molecule has 6 heteroatoms. The van der Waals surface area contributed by atoms with Crippen LogP contribution in [0.5, 0.6) is 5.75 Å². The van der Waals surface area contributed by atoms with E-state index in [1.807, 2.05) is 46.2 Å². The van der Waals surface area contributed by atoms with Gasteiger partial charge in [0, 0.05) is 29.1 Å². The Morgan fingerprint density at radius 3 is 2.66 bits per heavy atom. The van der Waals surface area contributed by atoms with Gasteiger partial charge in [0.05, 0.1) is 13.2 Å². The molecule has 6 rings (SSSR count). The summed E-state index contributed by atoms with van der Waals surface area (Å²) >= 11 is 0. The predicted octanol–water partition coefficient (Wildman–Crippen LogP) is 3.80. The highest BCUT2D eigenvalue weighted by molar-refractivity contribution is 5.97. The van der Waals surface area contributed by atoms with Crippen LogP contribution in [-0.2, 0) is 16.0 Å². The van der Waals surface area contributed by atoms with Crippen molar-refractivity contribution in [1.82, 2.24) is 14.8 Å². The first-order chi connectivity index (χ1) is 15.7. The lowest BCUT2D eigenvalue weighted by molar-refractivity contribution is -0.160. The highest BCUT2D eigenvalue weighted by Gasteiger charge is 2.49. The van der Waals surface area contributed by atoms with Gasteiger partial charge in [0.25, 0.3) is 0 Å². The van der Waals surface area contributed by atoms with E-state index in [9.17, 15) is 9.59 Å². The number of carbonyl (C=O) groups is 2. The van der Waals surface area contributed by atoms with Crippen LogP contribution >= 0.6 is 0 Å². The second-order valence-corrected chi connectivity index (χ2v) is 9.17. The Kier molecular flexibility index (Phi) is 4.49. The summed E-state index contributed by atoms with van der Waals surface area (Å²) in [5, 5.41) is 1.13. The molecule has 0 unspecified atom stereocenters. The molecule has 1 aromatic heterocycles. The molecule has 1 saturated carbocycles. The van der Waals surface area contributed by atoms with Gasteiger partial charge in [-0.25, -0.2) is 0 Å². The van der Waals surface area contributed by atoms with Crippen molar-refractivity contribution in [2.24, 2.45) is 0 Å². The summed E-state index contributed by atoms with van der Waals surface area (Å²) in [5.74, 6) is 0.865. The van der Waals surface area contributed by atoms with Crippen molar-refractivity contribution >= 4 is 22.7 Å². The van der Waals surface area contributed by atoms with Crippen molar-refractivity contribution in [1.29, 1.82) is 0 Å². The maximum atomic E-state index is 13.8. The summed E-state index contributed by atoms with van der Waals surface area (Å²) in [5.41, 5.74) is 4.14. The molecule has 2 fully saturated rings. The summed E-state index contributed by atoms with van der Waals surface area (Å²) < 4.78 is 5.47. The van der Waals surface area contributed by atoms with Gasteiger partial charge in [0.2, 0.25) is 11.8 Å². The molecule has 3 aliphatic rings. The van der Waals surface area contributed by atoms with Crippen LogP contribution in [0.4, 0.5) is 0 Å². The molecule has 1 saturated heterocycles. The van der Waals surface area contributed by atoms with Gasteiger partial charge in [-0.3, -0.25) is 9.59 Å². The molecular weight excluding hydrogens is 402 g/mol. The molecule has 2 aromatic carbocycles. The van der Waals surface area contributed by atoms with Gasteiger partial charge in [0.1, 0.15) is 18.3 Å². The second-order valence-electron chi connectivity index (χ2n) is 9.17. The number of nitrogens with zero attached hydrogens (tertiary/aromatic N) is 2. The number of aromatic amines is 1. The van der Waals surface area contributed by atoms with Crippen molar-refractivity contribution in [3.63, 3.8) is 0 Å². The molecular formula is C26H27N3O3. The van der Waals surface area contributed by atoms with Gasteiger partial charge in [-0.05, 0) is 42.2 Å². The fourth-order valence-corrected chi connectivity index (χ4v) is 5.97. The Bertz CT molecular complexity index is 1210. The van der Waals surface area contributed by atoms with Crippen molar-refractivity contribution in [2.75, 3.05) is 13.7 Å². The van der Waals surface area contributed by atoms with Gasteiger partial charge in [0.15, 0.2) is 0 Å². The number of nitrogens with one attached hydrogen (secondary N) is 1. The zero-order chi connectivity index (χ0) is 21.8. The molecule has 1 aliphatic carbocycles. The van der Waals surface area contributed by atoms with Gasteiger partial charge in [-0.2, -0.15) is 0 Å². The first-order valence-electron chi connectivity index (χ1n) is 11.5. The molecule has 2 aliphatic heterocycles. The van der Waals surface area contributed by atoms with Crippen molar-refractivity contribution < 1.29 is 14.3 Å². The monoisotopic (exact) mass is 429 g/mol. The zero-order valence-electron chi connectivity index (χ0n) is 18.2. The van der Waals surface area contributed by atoms with E-state index in [0.29, 0.717) is 6.42 Å². The molecule has 3 aromatic rings. The highest BCUT2D eigenvalue weighted by Crippen LogP contribution is 2.43. The summed E-state index contributed by atoms with van der Waals surface area (Å²) in [6, 6.07) is 15.4. The van der Waals surface area contributed by atoms with Gasteiger partial charge in [-0.1, -0.05) is 43.2 Å². The van der Waals surface area contributed by atoms with Crippen molar-refractivity contribution in [3.05, 3.63) is 65.4 Å².